The van der Waals surface area contributed by atoms with Crippen molar-refractivity contribution in [2.24, 2.45) is 0 Å². The van der Waals surface area contributed by atoms with Crippen LogP contribution < -0.4 is 0 Å². The lowest BCUT2D eigenvalue weighted by molar-refractivity contribution is 0.581. The molecule has 1 heteroatoms. The average molecular weight is 142 g/mol. The van der Waals surface area contributed by atoms with Gasteiger partial charge in [-0.1, -0.05) is 12.1 Å². The second-order valence-electron chi connectivity index (χ2n) is 2.74. The normalized spacial score (nSPS) is 11.6. The lowest BCUT2D eigenvalue weighted by atomic mass is 9.97. The summed E-state index contributed by atoms with van der Waals surface area (Å²) in [6.45, 7) is 0. The van der Waals surface area contributed by atoms with Crippen LogP contribution in [0, 0.1) is 10.4 Å². The van der Waals surface area contributed by atoms with Crippen molar-refractivity contribution in [3.8, 4) is 11.3 Å². The minimum Gasteiger partial charge on any atom is -0.464 e. The van der Waals surface area contributed by atoms with Crippen molar-refractivity contribution < 1.29 is 4.42 Å². The zero-order valence-corrected chi connectivity index (χ0v) is 5.87. The molecule has 3 rings (SSSR count). The predicted molar refractivity (Wildman–Crippen MR) is 41.8 cm³/mol. The molecule has 0 spiro atoms. The van der Waals surface area contributed by atoms with E-state index in [9.17, 15) is 0 Å². The summed E-state index contributed by atoms with van der Waals surface area (Å²) in [5.74, 6) is 0.980. The number of hydrogen-bond acceptors (Lipinski definition) is 1. The number of benzene rings is 1. The van der Waals surface area contributed by atoms with Crippen LogP contribution in [0.15, 0.2) is 41.0 Å². The third kappa shape index (κ3) is 0.511. The summed E-state index contributed by atoms with van der Waals surface area (Å²) in [4.78, 5) is 0. The van der Waals surface area contributed by atoms with E-state index in [1.165, 1.54) is 16.0 Å². The van der Waals surface area contributed by atoms with Crippen LogP contribution in [0.3, 0.4) is 0 Å². The fourth-order valence-corrected chi connectivity index (χ4v) is 1.43. The van der Waals surface area contributed by atoms with Gasteiger partial charge in [-0.2, -0.15) is 0 Å². The summed E-state index contributed by atoms with van der Waals surface area (Å²) in [6.07, 6.45) is 1.71. The van der Waals surface area contributed by atoms with E-state index in [4.69, 9.17) is 4.42 Å². The second-order valence-corrected chi connectivity index (χ2v) is 2.74. The van der Waals surface area contributed by atoms with E-state index in [1.54, 1.807) is 6.26 Å². The Morgan fingerprint density at radius 1 is 1.09 bits per heavy atom. The number of furan rings is 1. The molecule has 0 aliphatic heterocycles. The lowest BCUT2D eigenvalue weighted by Crippen LogP contribution is -1.90. The van der Waals surface area contributed by atoms with Crippen LogP contribution in [0.2, 0.25) is 0 Å². The smallest absolute Gasteiger partial charge is 0.134 e. The summed E-state index contributed by atoms with van der Waals surface area (Å²) in [7, 11) is 0. The Balaban J connectivity index is 2.26. The van der Waals surface area contributed by atoms with Crippen molar-refractivity contribution in [2.45, 2.75) is 0 Å². The van der Waals surface area contributed by atoms with Crippen molar-refractivity contribution in [1.29, 1.82) is 0 Å². The van der Waals surface area contributed by atoms with Gasteiger partial charge in [0.05, 0.1) is 6.26 Å². The highest BCUT2D eigenvalue weighted by Crippen LogP contribution is 2.27. The van der Waals surface area contributed by atoms with Crippen LogP contribution in [-0.4, -0.2) is 0 Å². The van der Waals surface area contributed by atoms with Crippen LogP contribution in [0.5, 0.6) is 0 Å². The summed E-state index contributed by atoms with van der Waals surface area (Å²) in [6, 6.07) is 10.3. The molecule has 0 saturated carbocycles. The first-order chi connectivity index (χ1) is 5.45. The van der Waals surface area contributed by atoms with Crippen molar-refractivity contribution >= 4 is 0 Å². The first-order valence-corrected chi connectivity index (χ1v) is 3.63. The van der Waals surface area contributed by atoms with Gasteiger partial charge in [0, 0.05) is 5.56 Å². The molecule has 2 aliphatic rings. The standard InChI is InChI=1S/C10H6O/c1-2-10(11-5-1)9-6-7-3-4-8(7)9/h1-6H. The van der Waals surface area contributed by atoms with E-state index in [2.05, 4.69) is 18.2 Å². The Kier molecular flexibility index (Phi) is 0.737. The lowest BCUT2D eigenvalue weighted by Gasteiger charge is -2.07. The van der Waals surface area contributed by atoms with Crippen LogP contribution >= 0.6 is 0 Å². The highest BCUT2D eigenvalue weighted by Gasteiger charge is 2.09. The van der Waals surface area contributed by atoms with E-state index in [0.29, 0.717) is 0 Å². The van der Waals surface area contributed by atoms with E-state index in [0.717, 1.165) is 5.76 Å². The van der Waals surface area contributed by atoms with Gasteiger partial charge in [-0.15, -0.1) is 0 Å². The van der Waals surface area contributed by atoms with Gasteiger partial charge in [-0.05, 0) is 28.6 Å². The quantitative estimate of drug-likeness (QED) is 0.509. The van der Waals surface area contributed by atoms with Crippen molar-refractivity contribution in [3.63, 3.8) is 0 Å². The maximum atomic E-state index is 5.25. The molecule has 1 aromatic heterocycles. The summed E-state index contributed by atoms with van der Waals surface area (Å²) in [5, 5.41) is 2.70. The first kappa shape index (κ1) is 5.19. The summed E-state index contributed by atoms with van der Waals surface area (Å²) in [5.41, 5.74) is 1.24. The largest absolute Gasteiger partial charge is 0.464 e. The van der Waals surface area contributed by atoms with Gasteiger partial charge >= 0.3 is 0 Å². The molecule has 1 aromatic rings. The molecule has 0 atom stereocenters. The molecule has 1 nitrogen and oxygen atoms in total. The summed E-state index contributed by atoms with van der Waals surface area (Å²) >= 11 is 0. The van der Waals surface area contributed by atoms with Crippen molar-refractivity contribution in [2.75, 3.05) is 0 Å². The zero-order chi connectivity index (χ0) is 7.26. The van der Waals surface area contributed by atoms with Gasteiger partial charge in [0.15, 0.2) is 0 Å². The molecule has 0 saturated heterocycles. The molecule has 0 radical (unpaired) electrons. The SMILES string of the molecule is c1coc(-c2cc3ccc2=3)c1. The maximum Gasteiger partial charge on any atom is 0.134 e. The van der Waals surface area contributed by atoms with Crippen LogP contribution in [0.1, 0.15) is 0 Å². The van der Waals surface area contributed by atoms with Gasteiger partial charge in [0.25, 0.3) is 0 Å². The van der Waals surface area contributed by atoms with Crippen LogP contribution in [0.4, 0.5) is 0 Å². The first-order valence-electron chi connectivity index (χ1n) is 3.63. The Bertz CT molecular complexity index is 480. The van der Waals surface area contributed by atoms with Crippen LogP contribution in [0.25, 0.3) is 11.3 Å². The van der Waals surface area contributed by atoms with Crippen molar-refractivity contribution in [3.05, 3.63) is 47.0 Å². The van der Waals surface area contributed by atoms with Gasteiger partial charge in [0.1, 0.15) is 5.76 Å². The molecule has 1 heterocycles. The topological polar surface area (TPSA) is 13.1 Å². The number of hydrogen-bond donors (Lipinski definition) is 0. The minimum atomic E-state index is 0.980. The molecule has 0 N–H and O–H groups in total. The Morgan fingerprint density at radius 2 is 2.09 bits per heavy atom. The molecule has 0 bridgehead atoms. The zero-order valence-electron chi connectivity index (χ0n) is 5.87. The third-order valence-electron chi connectivity index (χ3n) is 2.12. The molecule has 11 heavy (non-hydrogen) atoms. The molecular formula is C10H6O. The fourth-order valence-electron chi connectivity index (χ4n) is 1.43. The predicted octanol–water partition coefficient (Wildman–Crippen LogP) is 2.55. The van der Waals surface area contributed by atoms with Crippen LogP contribution in [-0.2, 0) is 0 Å². The molecule has 0 unspecified atom stereocenters. The monoisotopic (exact) mass is 142 g/mol. The fraction of sp³-hybridized carbons (Fsp3) is 0. The summed E-state index contributed by atoms with van der Waals surface area (Å²) < 4.78 is 5.25. The van der Waals surface area contributed by atoms with E-state index in [1.807, 2.05) is 12.1 Å². The molecule has 52 valence electrons. The average Bonchev–Trinajstić information content (AvgIpc) is 2.46. The Hall–Kier alpha value is -1.50. The molecule has 2 aliphatic carbocycles. The Labute approximate surface area is 63.6 Å². The highest BCUT2D eigenvalue weighted by atomic mass is 16.3. The van der Waals surface area contributed by atoms with Gasteiger partial charge in [0.2, 0.25) is 0 Å². The molecule has 0 fully saturated rings. The maximum absolute atomic E-state index is 5.25. The van der Waals surface area contributed by atoms with Gasteiger partial charge in [-0.3, -0.25) is 0 Å². The second kappa shape index (κ2) is 1.56. The van der Waals surface area contributed by atoms with E-state index >= 15 is 0 Å². The Morgan fingerprint density at radius 3 is 2.55 bits per heavy atom. The van der Waals surface area contributed by atoms with Gasteiger partial charge in [-0.25, -0.2) is 0 Å². The third-order valence-corrected chi connectivity index (χ3v) is 2.12. The minimum absolute atomic E-state index is 0.980. The molecule has 0 aromatic carbocycles. The van der Waals surface area contributed by atoms with Gasteiger partial charge < -0.3 is 4.42 Å². The number of rotatable bonds is 1. The van der Waals surface area contributed by atoms with Crippen molar-refractivity contribution in [1.82, 2.24) is 0 Å². The van der Waals surface area contributed by atoms with E-state index < -0.39 is 0 Å². The highest BCUT2D eigenvalue weighted by molar-refractivity contribution is 5.63. The molecular weight excluding hydrogens is 136 g/mol. The molecule has 0 amide bonds. The van der Waals surface area contributed by atoms with E-state index in [-0.39, 0.29) is 0 Å².